The number of aliphatic hydroxyl groups excluding tert-OH is 1. The van der Waals surface area contributed by atoms with Gasteiger partial charge in [0, 0.05) is 6.10 Å². The Kier molecular flexibility index (Phi) is 11.5. The van der Waals surface area contributed by atoms with Gasteiger partial charge >= 0.3 is 0 Å². The fourth-order valence-electron chi connectivity index (χ4n) is 2.95. The quantitative estimate of drug-likeness (QED) is 0.396. The average molecular weight is 375 g/mol. The van der Waals surface area contributed by atoms with Gasteiger partial charge in [0.05, 0.1) is 12.0 Å². The molecule has 0 aromatic rings. The largest absolute Gasteiger partial charge is 0.414 e. The van der Waals surface area contributed by atoms with Crippen LogP contribution < -0.4 is 0 Å². The maximum absolute atomic E-state index is 12.0. The van der Waals surface area contributed by atoms with Crippen LogP contribution in [0.2, 0.25) is 18.1 Å². The van der Waals surface area contributed by atoms with Crippen molar-refractivity contribution in [2.24, 2.45) is 11.8 Å². The molecule has 0 aromatic heterocycles. The molecular weight excluding hydrogens is 336 g/mol. The summed E-state index contributed by atoms with van der Waals surface area (Å²) in [6.45, 7) is 16.6. The predicted octanol–water partition coefficient (Wildman–Crippen LogP) is 5.26. The smallest absolute Gasteiger partial charge is 0.194 e. The van der Waals surface area contributed by atoms with Crippen molar-refractivity contribution in [1.29, 1.82) is 0 Å². The third-order valence-electron chi connectivity index (χ3n) is 5.23. The molecule has 0 rings (SSSR count). The van der Waals surface area contributed by atoms with Gasteiger partial charge in [-0.15, -0.1) is 0 Å². The van der Waals surface area contributed by atoms with E-state index < -0.39 is 14.4 Å². The van der Waals surface area contributed by atoms with Crippen LogP contribution in [0.4, 0.5) is 0 Å². The number of carbonyl (C=O) groups is 1. The van der Waals surface area contributed by atoms with Gasteiger partial charge < -0.3 is 9.53 Å². The molecule has 3 nitrogen and oxygen atoms in total. The molecule has 4 atom stereocenters. The van der Waals surface area contributed by atoms with Crippen LogP contribution in [0, 0.1) is 11.8 Å². The second-order valence-corrected chi connectivity index (χ2v) is 12.8. The topological polar surface area (TPSA) is 46.5 Å². The summed E-state index contributed by atoms with van der Waals surface area (Å²) in [5, 5.41) is 10.5. The Morgan fingerprint density at radius 3 is 2.04 bits per heavy atom. The number of hydrogen-bond donors (Lipinski definition) is 1. The van der Waals surface area contributed by atoms with Gasteiger partial charge in [0.2, 0.25) is 0 Å². The summed E-state index contributed by atoms with van der Waals surface area (Å²) in [5.74, 6) is 0.597. The lowest BCUT2D eigenvalue weighted by Crippen LogP contribution is -2.40. The Balaban J connectivity index is 4.94. The molecule has 0 fully saturated rings. The zero-order chi connectivity index (χ0) is 18.9. The summed E-state index contributed by atoms with van der Waals surface area (Å²) < 4.78 is 6.52. The highest BCUT2D eigenvalue weighted by molar-refractivity contribution is 8.13. The van der Waals surface area contributed by atoms with Crippen LogP contribution >= 0.6 is 11.8 Å². The van der Waals surface area contributed by atoms with Gasteiger partial charge in [-0.25, -0.2) is 0 Å². The molecular formula is C19H38O3SSi. The van der Waals surface area contributed by atoms with E-state index in [9.17, 15) is 9.90 Å². The molecule has 0 heterocycles. The standard InChI is InChI=1S/C19H38O3SSi/c1-9-23-19(21)16(7)18(20)15(6)13-14(5)17(8)22-24(10-2,11-3)12-4/h13-14,16-18,20H,9-12H2,1-8H3/b15-13+/t14-,16+,17+,18-/m0/s1. The number of aliphatic hydroxyl groups is 1. The first-order valence-electron chi connectivity index (χ1n) is 9.38. The van der Waals surface area contributed by atoms with Gasteiger partial charge in [-0.05, 0) is 49.2 Å². The van der Waals surface area contributed by atoms with Crippen LogP contribution in [0.25, 0.3) is 0 Å². The number of carbonyl (C=O) groups excluding carboxylic acids is 1. The highest BCUT2D eigenvalue weighted by atomic mass is 32.2. The van der Waals surface area contributed by atoms with Gasteiger partial charge in [-0.2, -0.15) is 0 Å². The van der Waals surface area contributed by atoms with Crippen LogP contribution in [0.1, 0.15) is 55.4 Å². The molecule has 5 heteroatoms. The Morgan fingerprint density at radius 1 is 1.12 bits per heavy atom. The molecule has 142 valence electrons. The van der Waals surface area contributed by atoms with E-state index in [2.05, 4.69) is 40.7 Å². The van der Waals surface area contributed by atoms with E-state index in [4.69, 9.17) is 4.43 Å². The molecule has 0 radical (unpaired) electrons. The van der Waals surface area contributed by atoms with Crippen LogP contribution in [0.15, 0.2) is 11.6 Å². The second kappa shape index (κ2) is 11.5. The highest BCUT2D eigenvalue weighted by Crippen LogP contribution is 2.27. The molecule has 24 heavy (non-hydrogen) atoms. The minimum atomic E-state index is -1.62. The minimum Gasteiger partial charge on any atom is -0.414 e. The minimum absolute atomic E-state index is 0.0593. The van der Waals surface area contributed by atoms with Crippen LogP contribution in [0.3, 0.4) is 0 Å². The lowest BCUT2D eigenvalue weighted by Gasteiger charge is -2.34. The summed E-state index contributed by atoms with van der Waals surface area (Å²) in [7, 11) is -1.62. The molecule has 0 saturated carbocycles. The van der Waals surface area contributed by atoms with Crippen LogP contribution in [-0.2, 0) is 9.22 Å². The molecule has 0 amide bonds. The van der Waals surface area contributed by atoms with E-state index in [-0.39, 0.29) is 23.1 Å². The fraction of sp³-hybridized carbons (Fsp3) is 0.842. The fourth-order valence-corrected chi connectivity index (χ4v) is 6.63. The molecule has 0 unspecified atom stereocenters. The molecule has 0 saturated heterocycles. The molecule has 0 bridgehead atoms. The van der Waals surface area contributed by atoms with E-state index in [1.807, 2.05) is 13.8 Å². The van der Waals surface area contributed by atoms with E-state index in [0.29, 0.717) is 0 Å². The van der Waals surface area contributed by atoms with Crippen molar-refractivity contribution in [3.8, 4) is 0 Å². The molecule has 0 spiro atoms. The third-order valence-corrected chi connectivity index (χ3v) is 10.9. The van der Waals surface area contributed by atoms with Gasteiger partial charge in [0.15, 0.2) is 13.4 Å². The molecule has 0 aliphatic rings. The number of hydrogen-bond acceptors (Lipinski definition) is 4. The summed E-state index contributed by atoms with van der Waals surface area (Å²) in [6.07, 6.45) is 1.50. The Morgan fingerprint density at radius 2 is 1.62 bits per heavy atom. The summed E-state index contributed by atoms with van der Waals surface area (Å²) in [6, 6.07) is 3.42. The van der Waals surface area contributed by atoms with E-state index in [1.165, 1.54) is 11.8 Å². The van der Waals surface area contributed by atoms with Gasteiger partial charge in [-0.1, -0.05) is 59.4 Å². The maximum atomic E-state index is 12.0. The van der Waals surface area contributed by atoms with Crippen molar-refractivity contribution in [2.75, 3.05) is 5.75 Å². The second-order valence-electron chi connectivity index (χ2n) is 6.82. The van der Waals surface area contributed by atoms with E-state index >= 15 is 0 Å². The predicted molar refractivity (Wildman–Crippen MR) is 109 cm³/mol. The summed E-state index contributed by atoms with van der Waals surface area (Å²) >= 11 is 1.28. The summed E-state index contributed by atoms with van der Waals surface area (Å²) in [5.41, 5.74) is 0.868. The zero-order valence-electron chi connectivity index (χ0n) is 16.9. The van der Waals surface area contributed by atoms with Crippen molar-refractivity contribution >= 4 is 25.2 Å². The molecule has 0 aliphatic carbocycles. The first kappa shape index (κ1) is 23.9. The SMILES string of the molecule is CCSC(=O)[C@H](C)[C@@H](O)/C(C)=C/[C@H](C)[C@@H](C)O[Si](CC)(CC)CC. The van der Waals surface area contributed by atoms with Gasteiger partial charge in [0.1, 0.15) is 0 Å². The Bertz CT molecular complexity index is 399. The maximum Gasteiger partial charge on any atom is 0.194 e. The summed E-state index contributed by atoms with van der Waals surface area (Å²) in [4.78, 5) is 12.0. The van der Waals surface area contributed by atoms with Crippen molar-refractivity contribution in [3.63, 3.8) is 0 Å². The monoisotopic (exact) mass is 374 g/mol. The van der Waals surface area contributed by atoms with Crippen molar-refractivity contribution in [3.05, 3.63) is 11.6 Å². The average Bonchev–Trinajstić information content (AvgIpc) is 2.58. The number of thioether (sulfide) groups is 1. The van der Waals surface area contributed by atoms with E-state index in [0.717, 1.165) is 29.5 Å². The van der Waals surface area contributed by atoms with Crippen molar-refractivity contribution in [1.82, 2.24) is 0 Å². The first-order chi connectivity index (χ1) is 11.2. The first-order valence-corrected chi connectivity index (χ1v) is 12.9. The number of rotatable bonds is 11. The molecule has 1 N–H and O–H groups in total. The molecule has 0 aliphatic heterocycles. The van der Waals surface area contributed by atoms with E-state index in [1.54, 1.807) is 6.92 Å². The van der Waals surface area contributed by atoms with Crippen molar-refractivity contribution < 1.29 is 14.3 Å². The normalized spacial score (nSPS) is 18.1. The van der Waals surface area contributed by atoms with Crippen LogP contribution in [0.5, 0.6) is 0 Å². The lowest BCUT2D eigenvalue weighted by atomic mass is 9.95. The van der Waals surface area contributed by atoms with Gasteiger partial charge in [0.25, 0.3) is 0 Å². The van der Waals surface area contributed by atoms with Crippen LogP contribution in [-0.4, -0.2) is 36.5 Å². The lowest BCUT2D eigenvalue weighted by molar-refractivity contribution is -0.116. The van der Waals surface area contributed by atoms with Crippen molar-refractivity contribution in [2.45, 2.75) is 85.7 Å². The zero-order valence-corrected chi connectivity index (χ0v) is 18.7. The third kappa shape index (κ3) is 7.02. The Hall–Kier alpha value is -0.103. The Labute approximate surface area is 154 Å². The molecule has 0 aromatic carbocycles. The van der Waals surface area contributed by atoms with Gasteiger partial charge in [-0.3, -0.25) is 4.79 Å². The highest BCUT2D eigenvalue weighted by Gasteiger charge is 2.32.